The fourth-order valence-electron chi connectivity index (χ4n) is 1.30. The molecule has 0 spiro atoms. The van der Waals surface area contributed by atoms with E-state index in [-0.39, 0.29) is 0 Å². The van der Waals surface area contributed by atoms with Crippen molar-refractivity contribution in [3.63, 3.8) is 0 Å². The van der Waals surface area contributed by atoms with Gasteiger partial charge in [0.1, 0.15) is 0 Å². The van der Waals surface area contributed by atoms with Gasteiger partial charge in [0.15, 0.2) is 0 Å². The molecule has 0 aliphatic carbocycles. The molecule has 0 atom stereocenters. The predicted molar refractivity (Wildman–Crippen MR) is 44.8 cm³/mol. The Kier molecular flexibility index (Phi) is 4.50. The molecule has 0 amide bonds. The van der Waals surface area contributed by atoms with Crippen molar-refractivity contribution in [3.05, 3.63) is 0 Å². The molecule has 1 fully saturated rings. The average Bonchev–Trinajstić information content (AvgIpc) is 2.07. The lowest BCUT2D eigenvalue weighted by molar-refractivity contribution is 0.165. The van der Waals surface area contributed by atoms with Crippen LogP contribution in [0.4, 0.5) is 0 Å². The highest BCUT2D eigenvalue weighted by atomic mass is 16.5. The maximum Gasteiger partial charge on any atom is 0.0474 e. The third-order valence-corrected chi connectivity index (χ3v) is 1.97. The molecule has 1 aliphatic heterocycles. The lowest BCUT2D eigenvalue weighted by Crippen LogP contribution is -2.40. The maximum absolute atomic E-state index is 4.98. The first-order chi connectivity index (χ1) is 5.43. The summed E-state index contributed by atoms with van der Waals surface area (Å²) in [5, 5.41) is 4.28. The molecule has 1 radical (unpaired) electrons. The summed E-state index contributed by atoms with van der Waals surface area (Å²) >= 11 is 0. The van der Waals surface area contributed by atoms with Crippen molar-refractivity contribution in [2.24, 2.45) is 0 Å². The van der Waals surface area contributed by atoms with Crippen LogP contribution in [0.2, 0.25) is 0 Å². The van der Waals surface area contributed by atoms with Gasteiger partial charge in [-0.25, -0.2) is 5.32 Å². The van der Waals surface area contributed by atoms with Crippen LogP contribution in [0.15, 0.2) is 0 Å². The third-order valence-electron chi connectivity index (χ3n) is 1.97. The highest BCUT2D eigenvalue weighted by Gasteiger charge is 2.08. The van der Waals surface area contributed by atoms with Gasteiger partial charge in [-0.2, -0.15) is 0 Å². The molecule has 1 aliphatic rings. The number of ether oxygens (including phenoxy) is 1. The molecule has 0 N–H and O–H groups in total. The number of rotatable bonds is 4. The van der Waals surface area contributed by atoms with Crippen LogP contribution < -0.4 is 5.32 Å². The van der Waals surface area contributed by atoms with E-state index >= 15 is 0 Å². The largest absolute Gasteiger partial charge is 0.385 e. The van der Waals surface area contributed by atoms with Crippen molar-refractivity contribution in [1.82, 2.24) is 10.2 Å². The van der Waals surface area contributed by atoms with Gasteiger partial charge in [-0.15, -0.1) is 0 Å². The first kappa shape index (κ1) is 8.97. The Bertz CT molecular complexity index is 92.1. The lowest BCUT2D eigenvalue weighted by Gasteiger charge is -2.25. The van der Waals surface area contributed by atoms with Gasteiger partial charge < -0.3 is 9.64 Å². The van der Waals surface area contributed by atoms with Gasteiger partial charge in [-0.05, 0) is 6.42 Å². The van der Waals surface area contributed by atoms with Crippen molar-refractivity contribution in [2.75, 3.05) is 46.4 Å². The topological polar surface area (TPSA) is 26.6 Å². The Morgan fingerprint density at radius 1 is 1.36 bits per heavy atom. The summed E-state index contributed by atoms with van der Waals surface area (Å²) in [6.07, 6.45) is 1.15. The SMILES string of the molecule is COCCCN1CC[N]CC1. The summed E-state index contributed by atoms with van der Waals surface area (Å²) < 4.78 is 4.98. The van der Waals surface area contributed by atoms with Gasteiger partial charge in [-0.3, -0.25) is 0 Å². The fourth-order valence-corrected chi connectivity index (χ4v) is 1.30. The van der Waals surface area contributed by atoms with Crippen molar-refractivity contribution in [1.29, 1.82) is 0 Å². The van der Waals surface area contributed by atoms with Gasteiger partial charge in [0, 0.05) is 46.4 Å². The number of methoxy groups -OCH3 is 1. The smallest absolute Gasteiger partial charge is 0.0474 e. The van der Waals surface area contributed by atoms with Crippen LogP contribution in [-0.2, 0) is 4.74 Å². The zero-order valence-corrected chi connectivity index (χ0v) is 7.25. The standard InChI is InChI=1S/C8H17N2O/c1-11-8-2-5-10-6-3-9-4-7-10/h2-8H2,1H3. The molecular formula is C8H17N2O. The molecule has 0 aromatic heterocycles. The van der Waals surface area contributed by atoms with E-state index in [2.05, 4.69) is 10.2 Å². The molecule has 0 unspecified atom stereocenters. The van der Waals surface area contributed by atoms with Crippen LogP contribution >= 0.6 is 0 Å². The normalized spacial score (nSPS) is 20.5. The van der Waals surface area contributed by atoms with Crippen molar-refractivity contribution in [2.45, 2.75) is 6.42 Å². The first-order valence-electron chi connectivity index (χ1n) is 4.28. The fraction of sp³-hybridized carbons (Fsp3) is 1.00. The van der Waals surface area contributed by atoms with Gasteiger partial charge in [-0.1, -0.05) is 0 Å². The Hall–Kier alpha value is -0.120. The van der Waals surface area contributed by atoms with Crippen molar-refractivity contribution < 1.29 is 4.74 Å². The van der Waals surface area contributed by atoms with Crippen molar-refractivity contribution in [3.8, 4) is 0 Å². The van der Waals surface area contributed by atoms with E-state index < -0.39 is 0 Å². The minimum absolute atomic E-state index is 0.883. The van der Waals surface area contributed by atoms with Crippen LogP contribution in [0.5, 0.6) is 0 Å². The van der Waals surface area contributed by atoms with Crippen LogP contribution in [0.25, 0.3) is 0 Å². The molecule has 1 heterocycles. The number of nitrogens with zero attached hydrogens (tertiary/aromatic N) is 2. The molecule has 1 rings (SSSR count). The van der Waals surface area contributed by atoms with Crippen molar-refractivity contribution >= 4 is 0 Å². The maximum atomic E-state index is 4.98. The second kappa shape index (κ2) is 5.52. The summed E-state index contributed by atoms with van der Waals surface area (Å²) in [6.45, 7) is 6.38. The number of piperazine rings is 1. The van der Waals surface area contributed by atoms with E-state index in [1.54, 1.807) is 7.11 Å². The Labute approximate surface area is 68.7 Å². The summed E-state index contributed by atoms with van der Waals surface area (Å²) in [7, 11) is 1.76. The van der Waals surface area contributed by atoms with E-state index in [9.17, 15) is 0 Å². The molecule has 0 aromatic rings. The second-order valence-corrected chi connectivity index (χ2v) is 2.86. The van der Waals surface area contributed by atoms with E-state index in [0.29, 0.717) is 0 Å². The molecule has 1 saturated heterocycles. The molecule has 0 aromatic carbocycles. The zero-order valence-electron chi connectivity index (χ0n) is 7.25. The molecule has 65 valence electrons. The van der Waals surface area contributed by atoms with E-state index in [0.717, 1.165) is 39.2 Å². The number of hydrogen-bond donors (Lipinski definition) is 0. The highest BCUT2D eigenvalue weighted by molar-refractivity contribution is 4.66. The zero-order chi connectivity index (χ0) is 7.94. The Balaban J connectivity index is 1.96. The minimum Gasteiger partial charge on any atom is -0.385 e. The average molecular weight is 157 g/mol. The highest BCUT2D eigenvalue weighted by Crippen LogP contribution is 1.94. The number of hydrogen-bond acceptors (Lipinski definition) is 2. The first-order valence-corrected chi connectivity index (χ1v) is 4.28. The molecule has 11 heavy (non-hydrogen) atoms. The van der Waals surface area contributed by atoms with E-state index in [1.165, 1.54) is 6.54 Å². The van der Waals surface area contributed by atoms with Gasteiger partial charge in [0.25, 0.3) is 0 Å². The van der Waals surface area contributed by atoms with E-state index in [1.807, 2.05) is 0 Å². The van der Waals surface area contributed by atoms with Gasteiger partial charge >= 0.3 is 0 Å². The molecule has 0 bridgehead atoms. The summed E-state index contributed by atoms with van der Waals surface area (Å²) in [4.78, 5) is 2.45. The predicted octanol–water partition coefficient (Wildman–Crippen LogP) is -0.0571. The van der Waals surface area contributed by atoms with Gasteiger partial charge in [0.05, 0.1) is 0 Å². The van der Waals surface area contributed by atoms with Crippen LogP contribution in [-0.4, -0.2) is 51.3 Å². The molecule has 3 heteroatoms. The second-order valence-electron chi connectivity index (χ2n) is 2.86. The Morgan fingerprint density at radius 2 is 2.09 bits per heavy atom. The Morgan fingerprint density at radius 3 is 2.73 bits per heavy atom. The lowest BCUT2D eigenvalue weighted by atomic mass is 10.3. The molecule has 3 nitrogen and oxygen atoms in total. The summed E-state index contributed by atoms with van der Waals surface area (Å²) in [5.41, 5.74) is 0. The van der Waals surface area contributed by atoms with Gasteiger partial charge in [0.2, 0.25) is 0 Å². The summed E-state index contributed by atoms with van der Waals surface area (Å²) in [6, 6.07) is 0. The third kappa shape index (κ3) is 3.70. The molecular weight excluding hydrogens is 140 g/mol. The van der Waals surface area contributed by atoms with Crippen LogP contribution in [0.1, 0.15) is 6.42 Å². The van der Waals surface area contributed by atoms with Crippen LogP contribution in [0.3, 0.4) is 0 Å². The monoisotopic (exact) mass is 157 g/mol. The quantitative estimate of drug-likeness (QED) is 0.535. The molecule has 0 saturated carbocycles. The minimum atomic E-state index is 0.883. The van der Waals surface area contributed by atoms with E-state index in [4.69, 9.17) is 4.74 Å². The summed E-state index contributed by atoms with van der Waals surface area (Å²) in [5.74, 6) is 0. The van der Waals surface area contributed by atoms with Crippen LogP contribution in [0, 0.1) is 0 Å².